The third kappa shape index (κ3) is 2.17. The first-order valence-electron chi connectivity index (χ1n) is 5.73. The molecule has 7 nitrogen and oxygen atoms in total. The van der Waals surface area contributed by atoms with Gasteiger partial charge in [0.25, 0.3) is 10.1 Å². The summed E-state index contributed by atoms with van der Waals surface area (Å²) in [5.74, 6) is -1.65. The molecule has 3 saturated heterocycles. The molecule has 3 fully saturated rings. The summed E-state index contributed by atoms with van der Waals surface area (Å²) in [5, 5.41) is 0. The fourth-order valence-electron chi connectivity index (χ4n) is 2.43. The first kappa shape index (κ1) is 12.8. The van der Waals surface area contributed by atoms with Gasteiger partial charge in [-0.2, -0.15) is 8.42 Å². The molecule has 0 unspecified atom stereocenters. The highest BCUT2D eigenvalue weighted by Crippen LogP contribution is 2.48. The topological polar surface area (TPSA) is 83.6 Å². The molecular weight excluding hydrogens is 264 g/mol. The maximum Gasteiger partial charge on any atom is 0.264 e. The Labute approximate surface area is 105 Å². The Morgan fingerprint density at radius 1 is 1.28 bits per heavy atom. The zero-order valence-electron chi connectivity index (χ0n) is 10.4. The van der Waals surface area contributed by atoms with Crippen LogP contribution >= 0.6 is 0 Å². The predicted octanol–water partition coefficient (Wildman–Crippen LogP) is -0.392. The molecule has 4 atom stereocenters. The van der Waals surface area contributed by atoms with Crippen LogP contribution in [0.3, 0.4) is 0 Å². The van der Waals surface area contributed by atoms with Crippen LogP contribution in [-0.4, -0.2) is 57.8 Å². The van der Waals surface area contributed by atoms with Crippen molar-refractivity contribution in [3.05, 3.63) is 0 Å². The van der Waals surface area contributed by atoms with Gasteiger partial charge in [-0.15, -0.1) is 0 Å². The Balaban J connectivity index is 1.70. The molecule has 0 amide bonds. The molecule has 0 aromatic carbocycles. The quantitative estimate of drug-likeness (QED) is 0.503. The van der Waals surface area contributed by atoms with Gasteiger partial charge in [-0.05, 0) is 13.8 Å². The lowest BCUT2D eigenvalue weighted by Gasteiger charge is -2.32. The molecule has 8 heteroatoms. The zero-order chi connectivity index (χ0) is 13.2. The van der Waals surface area contributed by atoms with Crippen LogP contribution in [0, 0.1) is 0 Å². The summed E-state index contributed by atoms with van der Waals surface area (Å²) >= 11 is 0. The fraction of sp³-hybridized carbons (Fsp3) is 1.00. The van der Waals surface area contributed by atoms with E-state index in [4.69, 9.17) is 23.1 Å². The second kappa shape index (κ2) is 3.65. The van der Waals surface area contributed by atoms with Crippen molar-refractivity contribution >= 4 is 10.1 Å². The monoisotopic (exact) mass is 280 g/mol. The van der Waals surface area contributed by atoms with Gasteiger partial charge < -0.3 is 18.9 Å². The Morgan fingerprint density at radius 3 is 2.56 bits per heavy atom. The van der Waals surface area contributed by atoms with Gasteiger partial charge in [-0.1, -0.05) is 0 Å². The van der Waals surface area contributed by atoms with E-state index in [-0.39, 0.29) is 25.4 Å². The average molecular weight is 280 g/mol. The third-order valence-electron chi connectivity index (χ3n) is 3.16. The molecule has 3 rings (SSSR count). The maximum absolute atomic E-state index is 11.1. The Morgan fingerprint density at radius 2 is 2.00 bits per heavy atom. The van der Waals surface area contributed by atoms with E-state index in [9.17, 15) is 8.42 Å². The van der Waals surface area contributed by atoms with Gasteiger partial charge in [0.1, 0.15) is 24.9 Å². The van der Waals surface area contributed by atoms with E-state index in [1.165, 1.54) is 0 Å². The number of hydrogen-bond acceptors (Lipinski definition) is 7. The fourth-order valence-corrected chi connectivity index (χ4v) is 3.04. The molecule has 0 saturated carbocycles. The van der Waals surface area contributed by atoms with E-state index >= 15 is 0 Å². The summed E-state index contributed by atoms with van der Waals surface area (Å²) in [6.07, 6.45) is -0.249. The van der Waals surface area contributed by atoms with E-state index in [2.05, 4.69) is 0 Å². The Kier molecular flexibility index (Phi) is 2.59. The molecule has 1 spiro atoms. The molecule has 104 valence electrons. The van der Waals surface area contributed by atoms with E-state index in [0.717, 1.165) is 6.26 Å². The molecule has 0 N–H and O–H groups in total. The largest absolute Gasteiger partial charge is 0.361 e. The highest BCUT2D eigenvalue weighted by atomic mass is 32.2. The maximum atomic E-state index is 11.1. The van der Waals surface area contributed by atoms with Gasteiger partial charge in [-0.3, -0.25) is 4.18 Å². The molecule has 3 heterocycles. The molecule has 3 aliphatic rings. The van der Waals surface area contributed by atoms with Crippen LogP contribution in [0.25, 0.3) is 0 Å². The highest BCUT2D eigenvalue weighted by molar-refractivity contribution is 7.86. The molecule has 0 aromatic heterocycles. The number of ether oxygens (including phenoxy) is 4. The van der Waals surface area contributed by atoms with Crippen LogP contribution in [0.1, 0.15) is 13.8 Å². The first-order chi connectivity index (χ1) is 8.21. The van der Waals surface area contributed by atoms with Gasteiger partial charge in [-0.25, -0.2) is 0 Å². The minimum absolute atomic E-state index is 0.105. The number of epoxide rings is 1. The summed E-state index contributed by atoms with van der Waals surface area (Å²) in [4.78, 5) is 0. The van der Waals surface area contributed by atoms with Gasteiger partial charge in [0, 0.05) is 0 Å². The lowest BCUT2D eigenvalue weighted by Crippen LogP contribution is -2.51. The average Bonchev–Trinajstić information content (AvgIpc) is 2.93. The van der Waals surface area contributed by atoms with Gasteiger partial charge in [0.15, 0.2) is 5.79 Å². The SMILES string of the molecule is CC1(C)OC[C@]2(OC[C@@H](OS(C)(=O)=O)[C@@H]3O[C@@H]32)O1. The molecule has 0 aliphatic carbocycles. The van der Waals surface area contributed by atoms with Crippen LogP contribution < -0.4 is 0 Å². The second-order valence-corrected chi connectivity index (χ2v) is 6.87. The molecule has 0 aromatic rings. The van der Waals surface area contributed by atoms with E-state index < -0.39 is 27.8 Å². The van der Waals surface area contributed by atoms with Gasteiger partial charge in [0.05, 0.1) is 12.9 Å². The van der Waals surface area contributed by atoms with Crippen molar-refractivity contribution < 1.29 is 31.5 Å². The zero-order valence-corrected chi connectivity index (χ0v) is 11.2. The molecule has 0 radical (unpaired) electrons. The Bertz CT molecular complexity index is 459. The van der Waals surface area contributed by atoms with E-state index in [1.807, 2.05) is 0 Å². The lowest BCUT2D eigenvalue weighted by molar-refractivity contribution is -0.271. The summed E-state index contributed by atoms with van der Waals surface area (Å²) in [5.41, 5.74) is 0. The van der Waals surface area contributed by atoms with Crippen LogP contribution in [0.4, 0.5) is 0 Å². The minimum atomic E-state index is -3.52. The van der Waals surface area contributed by atoms with Gasteiger partial charge in [0.2, 0.25) is 5.79 Å². The summed E-state index contributed by atoms with van der Waals surface area (Å²) in [6.45, 7) is 3.96. The van der Waals surface area contributed by atoms with Crippen LogP contribution in [0.15, 0.2) is 0 Å². The van der Waals surface area contributed by atoms with E-state index in [0.29, 0.717) is 0 Å². The molecule has 3 aliphatic heterocycles. The molecular formula is C10H16O7S. The summed E-state index contributed by atoms with van der Waals surface area (Å²) in [6, 6.07) is 0. The van der Waals surface area contributed by atoms with Crippen molar-refractivity contribution in [3.8, 4) is 0 Å². The standard InChI is InChI=1S/C10H16O7S/c1-9(2)14-5-10(17-9)8-7(15-8)6(4-13-10)16-18(3,11)12/h6-8H,4-5H2,1-3H3/t6-,7+,8+,10+/m1/s1. The minimum Gasteiger partial charge on any atom is -0.361 e. The van der Waals surface area contributed by atoms with Crippen LogP contribution in [-0.2, 0) is 33.2 Å². The summed E-state index contributed by atoms with van der Waals surface area (Å²) < 4.78 is 49.4. The number of rotatable bonds is 2. The van der Waals surface area contributed by atoms with Crippen molar-refractivity contribution in [1.29, 1.82) is 0 Å². The number of fused-ring (bicyclic) bond motifs is 2. The molecule has 18 heavy (non-hydrogen) atoms. The van der Waals surface area contributed by atoms with Crippen LogP contribution in [0.5, 0.6) is 0 Å². The van der Waals surface area contributed by atoms with Crippen molar-refractivity contribution in [3.63, 3.8) is 0 Å². The Hall–Kier alpha value is -0.250. The molecule has 0 bridgehead atoms. The van der Waals surface area contributed by atoms with E-state index in [1.54, 1.807) is 13.8 Å². The first-order valence-corrected chi connectivity index (χ1v) is 7.54. The lowest BCUT2D eigenvalue weighted by atomic mass is 10.0. The highest BCUT2D eigenvalue weighted by Gasteiger charge is 2.68. The van der Waals surface area contributed by atoms with Crippen molar-refractivity contribution in [2.75, 3.05) is 19.5 Å². The second-order valence-electron chi connectivity index (χ2n) is 5.27. The van der Waals surface area contributed by atoms with Crippen LogP contribution in [0.2, 0.25) is 0 Å². The number of hydrogen-bond donors (Lipinski definition) is 0. The van der Waals surface area contributed by atoms with Crippen molar-refractivity contribution in [2.45, 2.75) is 43.7 Å². The normalized spacial score (nSPS) is 46.1. The van der Waals surface area contributed by atoms with Gasteiger partial charge >= 0.3 is 0 Å². The van der Waals surface area contributed by atoms with Crippen molar-refractivity contribution in [1.82, 2.24) is 0 Å². The summed E-state index contributed by atoms with van der Waals surface area (Å²) in [7, 11) is -3.52. The predicted molar refractivity (Wildman–Crippen MR) is 58.2 cm³/mol. The third-order valence-corrected chi connectivity index (χ3v) is 3.75. The smallest absolute Gasteiger partial charge is 0.264 e. The van der Waals surface area contributed by atoms with Crippen molar-refractivity contribution in [2.24, 2.45) is 0 Å².